The summed E-state index contributed by atoms with van der Waals surface area (Å²) in [5.74, 6) is -0.661. The van der Waals surface area contributed by atoms with Crippen LogP contribution in [0.3, 0.4) is 0 Å². The van der Waals surface area contributed by atoms with Gasteiger partial charge >= 0.3 is 11.9 Å². The van der Waals surface area contributed by atoms with Crippen LogP contribution in [0.2, 0.25) is 0 Å². The highest BCUT2D eigenvalue weighted by molar-refractivity contribution is 5.97. The first-order valence-corrected chi connectivity index (χ1v) is 9.63. The van der Waals surface area contributed by atoms with Gasteiger partial charge in [0.05, 0.1) is 19.6 Å². The lowest BCUT2D eigenvalue weighted by Gasteiger charge is -2.30. The number of esters is 2. The van der Waals surface area contributed by atoms with Gasteiger partial charge in [-0.05, 0) is 44.9 Å². The topological polar surface area (TPSA) is 95.3 Å². The van der Waals surface area contributed by atoms with E-state index in [-0.39, 0.29) is 30.2 Å². The van der Waals surface area contributed by atoms with Crippen molar-refractivity contribution < 1.29 is 33.0 Å². The Bertz CT molecular complexity index is 909. The summed E-state index contributed by atoms with van der Waals surface area (Å²) in [6.07, 6.45) is 1.08. The van der Waals surface area contributed by atoms with Crippen LogP contribution in [0, 0.1) is 12.8 Å². The molecule has 29 heavy (non-hydrogen) atoms. The largest absolute Gasteiger partial charge is 0.494 e. The Hall–Kier alpha value is -3.03. The lowest BCUT2D eigenvalue weighted by atomic mass is 9.97. The van der Waals surface area contributed by atoms with E-state index in [0.717, 1.165) is 5.39 Å². The number of hydrogen-bond acceptors (Lipinski definition) is 7. The van der Waals surface area contributed by atoms with Crippen LogP contribution in [-0.2, 0) is 19.1 Å². The van der Waals surface area contributed by atoms with Crippen molar-refractivity contribution in [2.45, 2.75) is 26.7 Å². The van der Waals surface area contributed by atoms with Gasteiger partial charge in [0, 0.05) is 24.0 Å². The molecule has 1 aliphatic rings. The quantitative estimate of drug-likeness (QED) is 0.684. The molecule has 0 unspecified atom stereocenters. The van der Waals surface area contributed by atoms with Gasteiger partial charge in [0.25, 0.3) is 5.91 Å². The van der Waals surface area contributed by atoms with E-state index >= 15 is 0 Å². The maximum Gasteiger partial charge on any atom is 0.375 e. The smallest absolute Gasteiger partial charge is 0.375 e. The summed E-state index contributed by atoms with van der Waals surface area (Å²) in [4.78, 5) is 37.9. The lowest BCUT2D eigenvalue weighted by Crippen LogP contribution is -2.42. The monoisotopic (exact) mass is 403 g/mol. The van der Waals surface area contributed by atoms with Crippen LogP contribution in [0.5, 0.6) is 5.75 Å². The standard InChI is InChI=1S/C21H25NO7/c1-4-27-15-5-6-17-16(11-15)13(2)19(29-17)21(25)28-12-18(23)22-9-7-14(8-10-22)20(24)26-3/h5-6,11,14H,4,7-10,12H2,1-3H3. The van der Waals surface area contributed by atoms with Crippen LogP contribution in [0.1, 0.15) is 35.9 Å². The third-order valence-electron chi connectivity index (χ3n) is 5.11. The van der Waals surface area contributed by atoms with Crippen molar-refractivity contribution in [3.63, 3.8) is 0 Å². The molecule has 1 aliphatic heterocycles. The Balaban J connectivity index is 1.59. The molecule has 1 amide bonds. The first kappa shape index (κ1) is 20.7. The Kier molecular flexibility index (Phi) is 6.41. The summed E-state index contributed by atoms with van der Waals surface area (Å²) in [5.41, 5.74) is 1.19. The third kappa shape index (κ3) is 4.52. The van der Waals surface area contributed by atoms with E-state index in [0.29, 0.717) is 49.4 Å². The number of rotatable bonds is 6. The van der Waals surface area contributed by atoms with Gasteiger partial charge in [0.1, 0.15) is 11.3 Å². The summed E-state index contributed by atoms with van der Waals surface area (Å²) in [6.45, 7) is 4.68. The summed E-state index contributed by atoms with van der Waals surface area (Å²) < 4.78 is 21.0. The molecule has 1 aromatic carbocycles. The molecule has 156 valence electrons. The van der Waals surface area contributed by atoms with Gasteiger partial charge < -0.3 is 23.5 Å². The van der Waals surface area contributed by atoms with Crippen LogP contribution < -0.4 is 4.74 Å². The zero-order valence-corrected chi connectivity index (χ0v) is 16.9. The van der Waals surface area contributed by atoms with Gasteiger partial charge in [0.2, 0.25) is 5.76 Å². The van der Waals surface area contributed by atoms with Crippen molar-refractivity contribution in [3.05, 3.63) is 29.5 Å². The van der Waals surface area contributed by atoms with Crippen molar-refractivity contribution in [3.8, 4) is 5.75 Å². The molecule has 8 nitrogen and oxygen atoms in total. The fourth-order valence-corrected chi connectivity index (χ4v) is 3.47. The van der Waals surface area contributed by atoms with Gasteiger partial charge in [-0.3, -0.25) is 9.59 Å². The number of aryl methyl sites for hydroxylation is 1. The number of nitrogens with zero attached hydrogens (tertiary/aromatic N) is 1. The van der Waals surface area contributed by atoms with Crippen molar-refractivity contribution in [1.82, 2.24) is 4.90 Å². The molecule has 0 saturated carbocycles. The number of ether oxygens (including phenoxy) is 3. The minimum atomic E-state index is -0.686. The number of fused-ring (bicyclic) bond motifs is 1. The second-order valence-electron chi connectivity index (χ2n) is 6.90. The number of piperidine rings is 1. The second kappa shape index (κ2) is 8.98. The molecule has 2 aromatic rings. The van der Waals surface area contributed by atoms with Gasteiger partial charge in [-0.1, -0.05) is 0 Å². The van der Waals surface area contributed by atoms with E-state index in [1.165, 1.54) is 7.11 Å². The Morgan fingerprint density at radius 1 is 1.21 bits per heavy atom. The number of benzene rings is 1. The van der Waals surface area contributed by atoms with E-state index in [1.807, 2.05) is 13.0 Å². The van der Waals surface area contributed by atoms with Crippen molar-refractivity contribution in [2.75, 3.05) is 33.4 Å². The third-order valence-corrected chi connectivity index (χ3v) is 5.11. The van der Waals surface area contributed by atoms with Gasteiger partial charge in [-0.25, -0.2) is 4.79 Å². The molecule has 0 radical (unpaired) electrons. The molecule has 2 heterocycles. The molecule has 1 saturated heterocycles. The number of likely N-dealkylation sites (tertiary alicyclic amines) is 1. The molecule has 0 bridgehead atoms. The number of carbonyl (C=O) groups excluding carboxylic acids is 3. The van der Waals surface area contributed by atoms with Crippen molar-refractivity contribution in [2.24, 2.45) is 5.92 Å². The Morgan fingerprint density at radius 2 is 1.93 bits per heavy atom. The number of methoxy groups -OCH3 is 1. The van der Waals surface area contributed by atoms with E-state index in [9.17, 15) is 14.4 Å². The van der Waals surface area contributed by atoms with Crippen LogP contribution in [-0.4, -0.2) is 56.2 Å². The molecule has 8 heteroatoms. The zero-order chi connectivity index (χ0) is 21.0. The van der Waals surface area contributed by atoms with Crippen LogP contribution >= 0.6 is 0 Å². The molecule has 0 N–H and O–H groups in total. The molecular weight excluding hydrogens is 378 g/mol. The SMILES string of the molecule is CCOc1ccc2oc(C(=O)OCC(=O)N3CCC(C(=O)OC)CC3)c(C)c2c1. The molecule has 1 fully saturated rings. The summed E-state index contributed by atoms with van der Waals surface area (Å²) in [6, 6.07) is 5.32. The average molecular weight is 403 g/mol. The highest BCUT2D eigenvalue weighted by atomic mass is 16.5. The molecule has 0 atom stereocenters. The predicted octanol–water partition coefficient (Wildman–Crippen LogP) is 2.71. The maximum absolute atomic E-state index is 12.4. The predicted molar refractivity (Wildman–Crippen MR) is 104 cm³/mol. The minimum absolute atomic E-state index is 0.0749. The minimum Gasteiger partial charge on any atom is -0.494 e. The van der Waals surface area contributed by atoms with E-state index < -0.39 is 5.97 Å². The summed E-state index contributed by atoms with van der Waals surface area (Å²) >= 11 is 0. The Morgan fingerprint density at radius 3 is 2.59 bits per heavy atom. The average Bonchev–Trinajstić information content (AvgIpc) is 3.07. The normalized spacial score (nSPS) is 14.7. The summed E-state index contributed by atoms with van der Waals surface area (Å²) in [5, 5.41) is 0.763. The number of hydrogen-bond donors (Lipinski definition) is 0. The van der Waals surface area contributed by atoms with Crippen LogP contribution in [0.15, 0.2) is 22.6 Å². The highest BCUT2D eigenvalue weighted by Gasteiger charge is 2.28. The van der Waals surface area contributed by atoms with Gasteiger partial charge in [-0.15, -0.1) is 0 Å². The molecule has 0 spiro atoms. The zero-order valence-electron chi connectivity index (χ0n) is 16.9. The number of furan rings is 1. The van der Waals surface area contributed by atoms with Crippen LogP contribution in [0.25, 0.3) is 11.0 Å². The Labute approximate surface area is 168 Å². The molecule has 0 aliphatic carbocycles. The van der Waals surface area contributed by atoms with E-state index in [4.69, 9.17) is 18.6 Å². The number of amides is 1. The first-order chi connectivity index (χ1) is 13.9. The fraction of sp³-hybridized carbons (Fsp3) is 0.476. The van der Waals surface area contributed by atoms with Crippen molar-refractivity contribution in [1.29, 1.82) is 0 Å². The maximum atomic E-state index is 12.4. The van der Waals surface area contributed by atoms with Gasteiger partial charge in [0.15, 0.2) is 6.61 Å². The van der Waals surface area contributed by atoms with E-state index in [2.05, 4.69) is 0 Å². The fourth-order valence-electron chi connectivity index (χ4n) is 3.47. The molecular formula is C21H25NO7. The lowest BCUT2D eigenvalue weighted by molar-refractivity contribution is -0.149. The number of carbonyl (C=O) groups is 3. The molecule has 1 aromatic heterocycles. The van der Waals surface area contributed by atoms with E-state index in [1.54, 1.807) is 24.0 Å². The van der Waals surface area contributed by atoms with Crippen molar-refractivity contribution >= 4 is 28.8 Å². The van der Waals surface area contributed by atoms with Crippen LogP contribution in [0.4, 0.5) is 0 Å². The second-order valence-corrected chi connectivity index (χ2v) is 6.90. The van der Waals surface area contributed by atoms with Gasteiger partial charge in [-0.2, -0.15) is 0 Å². The first-order valence-electron chi connectivity index (χ1n) is 9.63. The molecule has 3 rings (SSSR count). The highest BCUT2D eigenvalue weighted by Crippen LogP contribution is 2.29. The summed E-state index contributed by atoms with van der Waals surface area (Å²) in [7, 11) is 1.36.